The number of nitrogens with zero attached hydrogens (tertiary/aromatic N) is 1. The van der Waals surface area contributed by atoms with E-state index in [1.165, 1.54) is 10.4 Å². The second-order valence-electron chi connectivity index (χ2n) is 5.43. The summed E-state index contributed by atoms with van der Waals surface area (Å²) in [5, 5.41) is 4.00. The van der Waals surface area contributed by atoms with Crippen LogP contribution in [0.1, 0.15) is 28.3 Å². The molecule has 1 atom stereocenters. The van der Waals surface area contributed by atoms with Gasteiger partial charge in [-0.15, -0.1) is 11.3 Å². The zero-order valence-electron chi connectivity index (χ0n) is 12.5. The molecule has 1 aliphatic heterocycles. The minimum atomic E-state index is -0.245. The molecule has 2 heterocycles. The van der Waals surface area contributed by atoms with Crippen molar-refractivity contribution < 1.29 is 9.53 Å². The fourth-order valence-corrected chi connectivity index (χ4v) is 3.49. The second kappa shape index (κ2) is 7.51. The molecule has 0 saturated carbocycles. The predicted molar refractivity (Wildman–Crippen MR) is 87.0 cm³/mol. The van der Waals surface area contributed by atoms with Crippen LogP contribution < -0.4 is 5.32 Å². The lowest BCUT2D eigenvalue weighted by molar-refractivity contribution is -0.129. The Hall–Kier alpha value is -1.72. The standard InChI is InChI=1S/C17H20N2O2S/c20-17(15-7-4-10-21-15)18-9-8-16-19-12-14(22-16)11-13-5-2-1-3-6-13/h1-3,5-6,12,15H,4,7-11H2,(H,18,20). The maximum atomic E-state index is 11.8. The molecular weight excluding hydrogens is 296 g/mol. The molecule has 0 spiro atoms. The lowest BCUT2D eigenvalue weighted by Gasteiger charge is -2.09. The maximum absolute atomic E-state index is 11.8. The molecule has 1 amide bonds. The van der Waals surface area contributed by atoms with Crippen molar-refractivity contribution in [1.29, 1.82) is 0 Å². The van der Waals surface area contributed by atoms with Gasteiger partial charge in [-0.1, -0.05) is 30.3 Å². The van der Waals surface area contributed by atoms with Gasteiger partial charge in [0.2, 0.25) is 5.91 Å². The monoisotopic (exact) mass is 316 g/mol. The van der Waals surface area contributed by atoms with Crippen LogP contribution in [-0.4, -0.2) is 30.1 Å². The molecule has 1 aliphatic rings. The molecule has 5 heteroatoms. The summed E-state index contributed by atoms with van der Waals surface area (Å²) in [5.74, 6) is 0.0126. The molecule has 1 aromatic carbocycles. The van der Waals surface area contributed by atoms with Crippen molar-refractivity contribution in [2.24, 2.45) is 0 Å². The average molecular weight is 316 g/mol. The van der Waals surface area contributed by atoms with Gasteiger partial charge in [-0.2, -0.15) is 0 Å². The molecule has 0 bridgehead atoms. The third-order valence-corrected chi connectivity index (χ3v) is 4.74. The third-order valence-electron chi connectivity index (χ3n) is 3.68. The maximum Gasteiger partial charge on any atom is 0.249 e. The number of amides is 1. The molecule has 1 saturated heterocycles. The Morgan fingerprint density at radius 3 is 3.00 bits per heavy atom. The van der Waals surface area contributed by atoms with Gasteiger partial charge in [0.15, 0.2) is 0 Å². The lowest BCUT2D eigenvalue weighted by atomic mass is 10.1. The minimum absolute atomic E-state index is 0.0126. The van der Waals surface area contributed by atoms with E-state index in [2.05, 4.69) is 34.6 Å². The number of carbonyl (C=O) groups is 1. The van der Waals surface area contributed by atoms with Gasteiger partial charge in [-0.3, -0.25) is 4.79 Å². The highest BCUT2D eigenvalue weighted by Crippen LogP contribution is 2.17. The molecule has 1 aromatic heterocycles. The van der Waals surface area contributed by atoms with Gasteiger partial charge in [0, 0.05) is 37.1 Å². The summed E-state index contributed by atoms with van der Waals surface area (Å²) < 4.78 is 5.36. The van der Waals surface area contributed by atoms with Crippen LogP contribution in [0.15, 0.2) is 36.5 Å². The molecule has 3 rings (SSSR count). The second-order valence-corrected chi connectivity index (χ2v) is 6.63. The van der Waals surface area contributed by atoms with Gasteiger partial charge < -0.3 is 10.1 Å². The topological polar surface area (TPSA) is 51.2 Å². The summed E-state index contributed by atoms with van der Waals surface area (Å²) in [6.45, 7) is 1.32. The van der Waals surface area contributed by atoms with Crippen LogP contribution >= 0.6 is 11.3 Å². The molecule has 22 heavy (non-hydrogen) atoms. The third kappa shape index (κ3) is 4.15. The molecule has 116 valence electrons. The summed E-state index contributed by atoms with van der Waals surface area (Å²) >= 11 is 1.72. The zero-order valence-corrected chi connectivity index (χ0v) is 13.3. The Morgan fingerprint density at radius 2 is 2.23 bits per heavy atom. The Balaban J connectivity index is 1.44. The predicted octanol–water partition coefficient (Wildman–Crippen LogP) is 2.57. The summed E-state index contributed by atoms with van der Waals surface area (Å²) in [6, 6.07) is 10.4. The molecule has 1 fully saturated rings. The normalized spacial score (nSPS) is 17.5. The molecule has 1 unspecified atom stereocenters. The van der Waals surface area contributed by atoms with Crippen molar-refractivity contribution in [3.05, 3.63) is 52.0 Å². The van der Waals surface area contributed by atoms with Crippen LogP contribution in [-0.2, 0) is 22.4 Å². The molecule has 0 aliphatic carbocycles. The van der Waals surface area contributed by atoms with Crippen LogP contribution in [0.25, 0.3) is 0 Å². The van der Waals surface area contributed by atoms with E-state index in [1.54, 1.807) is 11.3 Å². The van der Waals surface area contributed by atoms with E-state index in [0.717, 1.165) is 30.7 Å². The van der Waals surface area contributed by atoms with Crippen LogP contribution in [0.5, 0.6) is 0 Å². The summed E-state index contributed by atoms with van der Waals surface area (Å²) in [5.41, 5.74) is 1.30. The van der Waals surface area contributed by atoms with E-state index in [9.17, 15) is 4.79 Å². The summed E-state index contributed by atoms with van der Waals surface area (Å²) in [7, 11) is 0. The van der Waals surface area contributed by atoms with Crippen molar-refractivity contribution in [2.45, 2.75) is 31.8 Å². The quantitative estimate of drug-likeness (QED) is 0.891. The fourth-order valence-electron chi connectivity index (χ4n) is 2.53. The van der Waals surface area contributed by atoms with E-state index < -0.39 is 0 Å². The van der Waals surface area contributed by atoms with Crippen molar-refractivity contribution in [3.8, 4) is 0 Å². The van der Waals surface area contributed by atoms with Crippen molar-refractivity contribution >= 4 is 17.2 Å². The van der Waals surface area contributed by atoms with E-state index in [1.807, 2.05) is 12.3 Å². The number of hydrogen-bond acceptors (Lipinski definition) is 4. The molecule has 1 N–H and O–H groups in total. The van der Waals surface area contributed by atoms with Crippen molar-refractivity contribution in [3.63, 3.8) is 0 Å². The number of thiazole rings is 1. The number of nitrogens with one attached hydrogen (secondary N) is 1. The highest BCUT2D eigenvalue weighted by Gasteiger charge is 2.22. The van der Waals surface area contributed by atoms with Gasteiger partial charge in [0.25, 0.3) is 0 Å². The average Bonchev–Trinajstić information content (AvgIpc) is 3.20. The summed E-state index contributed by atoms with van der Waals surface area (Å²) in [4.78, 5) is 17.5. The number of benzene rings is 1. The zero-order chi connectivity index (χ0) is 15.2. The van der Waals surface area contributed by atoms with Gasteiger partial charge in [0.1, 0.15) is 6.10 Å². The van der Waals surface area contributed by atoms with Gasteiger partial charge in [-0.05, 0) is 18.4 Å². The first-order valence-corrected chi connectivity index (χ1v) is 8.50. The van der Waals surface area contributed by atoms with E-state index >= 15 is 0 Å². The van der Waals surface area contributed by atoms with Crippen LogP contribution in [0.4, 0.5) is 0 Å². The summed E-state index contributed by atoms with van der Waals surface area (Å²) in [6.07, 6.45) is 5.20. The van der Waals surface area contributed by atoms with Gasteiger partial charge in [0.05, 0.1) is 5.01 Å². The highest BCUT2D eigenvalue weighted by atomic mass is 32.1. The van der Waals surface area contributed by atoms with E-state index in [4.69, 9.17) is 4.74 Å². The first kappa shape index (κ1) is 15.2. The largest absolute Gasteiger partial charge is 0.368 e. The van der Waals surface area contributed by atoms with Gasteiger partial charge in [-0.25, -0.2) is 4.98 Å². The van der Waals surface area contributed by atoms with Crippen LogP contribution in [0.3, 0.4) is 0 Å². The molecule has 2 aromatic rings. The molecule has 0 radical (unpaired) electrons. The number of carbonyl (C=O) groups excluding carboxylic acids is 1. The number of rotatable bonds is 6. The lowest BCUT2D eigenvalue weighted by Crippen LogP contribution is -2.35. The first-order valence-electron chi connectivity index (χ1n) is 7.68. The SMILES string of the molecule is O=C(NCCc1ncc(Cc2ccccc2)s1)C1CCCO1. The van der Waals surface area contributed by atoms with E-state index in [-0.39, 0.29) is 12.0 Å². The molecule has 4 nitrogen and oxygen atoms in total. The smallest absolute Gasteiger partial charge is 0.249 e. The van der Waals surface area contributed by atoms with Gasteiger partial charge >= 0.3 is 0 Å². The Labute approximate surface area is 134 Å². The first-order chi connectivity index (χ1) is 10.8. The highest BCUT2D eigenvalue weighted by molar-refractivity contribution is 7.11. The minimum Gasteiger partial charge on any atom is -0.368 e. The Kier molecular flexibility index (Phi) is 5.19. The van der Waals surface area contributed by atoms with E-state index in [0.29, 0.717) is 13.2 Å². The number of aromatic nitrogens is 1. The van der Waals surface area contributed by atoms with Crippen LogP contribution in [0, 0.1) is 0 Å². The van der Waals surface area contributed by atoms with Crippen LogP contribution in [0.2, 0.25) is 0 Å². The Bertz CT molecular complexity index is 606. The number of ether oxygens (including phenoxy) is 1. The van der Waals surface area contributed by atoms with Crippen molar-refractivity contribution in [2.75, 3.05) is 13.2 Å². The number of hydrogen-bond donors (Lipinski definition) is 1. The molecular formula is C17H20N2O2S. The fraction of sp³-hybridized carbons (Fsp3) is 0.412. The van der Waals surface area contributed by atoms with Crippen molar-refractivity contribution in [1.82, 2.24) is 10.3 Å². The Morgan fingerprint density at radius 1 is 1.36 bits per heavy atom.